The first-order valence-electron chi connectivity index (χ1n) is 9.20. The third kappa shape index (κ3) is 7.82. The van der Waals surface area contributed by atoms with Crippen LogP contribution in [0.4, 0.5) is 0 Å². The fourth-order valence-electron chi connectivity index (χ4n) is 2.88. The third-order valence-corrected chi connectivity index (χ3v) is 5.44. The topological polar surface area (TPSA) is 110 Å². The van der Waals surface area contributed by atoms with Gasteiger partial charge in [-0.05, 0) is 51.6 Å². The second-order valence-electron chi connectivity index (χ2n) is 6.80. The van der Waals surface area contributed by atoms with E-state index >= 15 is 0 Å². The highest BCUT2D eigenvalue weighted by molar-refractivity contribution is 6.76. The van der Waals surface area contributed by atoms with Crippen molar-refractivity contribution < 1.29 is 9.59 Å². The second-order valence-corrected chi connectivity index (χ2v) is 11.4. The number of amides is 2. The first kappa shape index (κ1) is 27.3. The van der Waals surface area contributed by atoms with E-state index in [1.807, 2.05) is 36.4 Å². The zero-order chi connectivity index (χ0) is 24.1. The molecule has 0 atom stereocenters. The van der Waals surface area contributed by atoms with E-state index in [2.05, 4.69) is 10.6 Å². The Kier molecular flexibility index (Phi) is 9.76. The molecule has 0 saturated heterocycles. The van der Waals surface area contributed by atoms with Crippen LogP contribution < -0.4 is 22.1 Å². The molecule has 2 aromatic rings. The van der Waals surface area contributed by atoms with Crippen LogP contribution in [0, 0.1) is 0 Å². The van der Waals surface area contributed by atoms with E-state index in [9.17, 15) is 9.59 Å². The lowest BCUT2D eigenvalue weighted by molar-refractivity contribution is -0.121. The fourth-order valence-corrected chi connectivity index (χ4v) is 3.28. The summed E-state index contributed by atoms with van der Waals surface area (Å²) in [5.41, 5.74) is 16.6. The van der Waals surface area contributed by atoms with E-state index < -0.39 is 19.4 Å². The second kappa shape index (κ2) is 11.4. The van der Waals surface area contributed by atoms with E-state index in [1.54, 1.807) is 0 Å². The number of benzene rings is 2. The van der Waals surface area contributed by atoms with Crippen molar-refractivity contribution in [3.8, 4) is 11.1 Å². The zero-order valence-corrected chi connectivity index (χ0v) is 21.1. The summed E-state index contributed by atoms with van der Waals surface area (Å²) in [7, 11) is 0. The molecule has 174 valence electrons. The Hall–Kier alpha value is -0.960. The van der Waals surface area contributed by atoms with Gasteiger partial charge in [0.2, 0.25) is 0 Å². The van der Waals surface area contributed by atoms with E-state index in [1.165, 1.54) is 0 Å². The van der Waals surface area contributed by atoms with Crippen molar-refractivity contribution >= 4 is 81.4 Å². The van der Waals surface area contributed by atoms with Crippen LogP contribution in [0.2, 0.25) is 0 Å². The molecule has 6 N–H and O–H groups in total. The molecule has 0 saturated carbocycles. The number of nitrogens with two attached hydrogens (primary N) is 2. The predicted molar refractivity (Wildman–Crippen MR) is 132 cm³/mol. The van der Waals surface area contributed by atoms with Gasteiger partial charge in [0.25, 0.3) is 19.4 Å². The molecule has 0 aliphatic carbocycles. The lowest BCUT2D eigenvalue weighted by atomic mass is 9.94. The van der Waals surface area contributed by atoms with Gasteiger partial charge in [-0.1, -0.05) is 87.8 Å². The molecule has 0 aliphatic rings. The maximum Gasteiger partial charge on any atom is 0.272 e. The normalized spacial score (nSPS) is 11.9. The van der Waals surface area contributed by atoms with Crippen LogP contribution in [0.5, 0.6) is 0 Å². The van der Waals surface area contributed by atoms with E-state index in [4.69, 9.17) is 81.1 Å². The van der Waals surface area contributed by atoms with Crippen molar-refractivity contribution in [3.63, 3.8) is 0 Å². The Morgan fingerprint density at radius 3 is 1.75 bits per heavy atom. The van der Waals surface area contributed by atoms with Crippen LogP contribution in [0.3, 0.4) is 0 Å². The molecule has 0 spiro atoms. The highest BCUT2D eigenvalue weighted by Crippen LogP contribution is 2.29. The molecule has 2 amide bonds. The van der Waals surface area contributed by atoms with Crippen LogP contribution in [0.1, 0.15) is 22.3 Å². The Morgan fingerprint density at radius 1 is 0.719 bits per heavy atom. The number of hydrogen-bond acceptors (Lipinski definition) is 4. The molecule has 32 heavy (non-hydrogen) atoms. The minimum absolute atomic E-state index is 0.130. The Balaban J connectivity index is 2.35. The molecule has 0 heterocycles. The standard InChI is InChI=1S/C20H20Cl6N4O2/c21-19(22,23)17(31)29-9-11-1-2-14(8-28)16(6-11)15-4-12(7-27)3-13(5-15)10-30-18(32)20(24,25)26/h1-6H,7-10,27-28H2,(H,29,31)(H,30,32). The van der Waals surface area contributed by atoms with Gasteiger partial charge in [0.15, 0.2) is 0 Å². The molecule has 0 radical (unpaired) electrons. The van der Waals surface area contributed by atoms with Gasteiger partial charge in [0, 0.05) is 26.2 Å². The number of carbonyl (C=O) groups is 2. The van der Waals surface area contributed by atoms with Gasteiger partial charge in [-0.15, -0.1) is 0 Å². The van der Waals surface area contributed by atoms with Crippen LogP contribution in [0.15, 0.2) is 36.4 Å². The largest absolute Gasteiger partial charge is 0.348 e. The fraction of sp³-hybridized carbons (Fsp3) is 0.300. The van der Waals surface area contributed by atoms with Crippen LogP contribution in [-0.4, -0.2) is 19.4 Å². The lowest BCUT2D eigenvalue weighted by Gasteiger charge is -2.16. The summed E-state index contributed by atoms with van der Waals surface area (Å²) in [5, 5.41) is 5.14. The predicted octanol–water partition coefficient (Wildman–Crippen LogP) is 4.24. The number of hydrogen-bond donors (Lipinski definition) is 4. The molecular formula is C20H20Cl6N4O2. The van der Waals surface area contributed by atoms with Crippen molar-refractivity contribution in [1.82, 2.24) is 10.6 Å². The van der Waals surface area contributed by atoms with Gasteiger partial charge in [-0.25, -0.2) is 0 Å². The summed E-state index contributed by atoms with van der Waals surface area (Å²) in [6, 6.07) is 11.2. The minimum atomic E-state index is -2.06. The maximum absolute atomic E-state index is 11.9. The molecule has 0 fully saturated rings. The molecule has 6 nitrogen and oxygen atoms in total. The Morgan fingerprint density at radius 2 is 1.25 bits per heavy atom. The van der Waals surface area contributed by atoms with Crippen molar-refractivity contribution in [3.05, 3.63) is 58.7 Å². The average molecular weight is 561 g/mol. The summed E-state index contributed by atoms with van der Waals surface area (Å²) in [6.45, 7) is 0.830. The van der Waals surface area contributed by atoms with Gasteiger partial charge < -0.3 is 22.1 Å². The van der Waals surface area contributed by atoms with Crippen LogP contribution >= 0.6 is 69.6 Å². The molecule has 0 bridgehead atoms. The van der Waals surface area contributed by atoms with Gasteiger partial charge in [-0.2, -0.15) is 0 Å². The Bertz CT molecular complexity index is 989. The molecular weight excluding hydrogens is 541 g/mol. The SMILES string of the molecule is NCc1cc(CNC(=O)C(Cl)(Cl)Cl)cc(-c2cc(CNC(=O)C(Cl)(Cl)Cl)ccc2CN)c1. The summed E-state index contributed by atoms with van der Waals surface area (Å²) < 4.78 is -4.12. The van der Waals surface area contributed by atoms with E-state index in [0.717, 1.165) is 33.4 Å². The van der Waals surface area contributed by atoms with Gasteiger partial charge in [0.05, 0.1) is 0 Å². The van der Waals surface area contributed by atoms with Crippen molar-refractivity contribution in [2.45, 2.75) is 33.8 Å². The van der Waals surface area contributed by atoms with Gasteiger partial charge in [0.1, 0.15) is 0 Å². The molecule has 2 rings (SSSR count). The molecule has 0 unspecified atom stereocenters. The summed E-state index contributed by atoms with van der Waals surface area (Å²) in [4.78, 5) is 23.7. The number of alkyl halides is 6. The number of halogens is 6. The van der Waals surface area contributed by atoms with Gasteiger partial charge >= 0.3 is 0 Å². The molecule has 12 heteroatoms. The summed E-state index contributed by atoms with van der Waals surface area (Å²) >= 11 is 33.6. The van der Waals surface area contributed by atoms with Crippen molar-refractivity contribution in [1.29, 1.82) is 0 Å². The van der Waals surface area contributed by atoms with Crippen LogP contribution in [0.25, 0.3) is 11.1 Å². The number of carbonyl (C=O) groups excluding carboxylic acids is 2. The lowest BCUT2D eigenvalue weighted by Crippen LogP contribution is -2.34. The smallest absolute Gasteiger partial charge is 0.272 e. The van der Waals surface area contributed by atoms with Crippen molar-refractivity contribution in [2.75, 3.05) is 0 Å². The molecule has 0 aromatic heterocycles. The zero-order valence-electron chi connectivity index (χ0n) is 16.5. The number of nitrogens with one attached hydrogen (secondary N) is 2. The van der Waals surface area contributed by atoms with E-state index in [-0.39, 0.29) is 26.2 Å². The van der Waals surface area contributed by atoms with Crippen LogP contribution in [-0.2, 0) is 35.8 Å². The van der Waals surface area contributed by atoms with E-state index in [0.29, 0.717) is 0 Å². The monoisotopic (exact) mass is 558 g/mol. The number of rotatable bonds is 7. The molecule has 2 aromatic carbocycles. The minimum Gasteiger partial charge on any atom is -0.348 e. The summed E-state index contributed by atoms with van der Waals surface area (Å²) in [6.07, 6.45) is 0. The maximum atomic E-state index is 11.9. The quantitative estimate of drug-likeness (QED) is 0.380. The first-order chi connectivity index (χ1) is 14.8. The third-order valence-electron chi connectivity index (χ3n) is 4.41. The Labute approximate surface area is 215 Å². The molecule has 0 aliphatic heterocycles. The summed E-state index contributed by atoms with van der Waals surface area (Å²) in [5.74, 6) is -1.47. The first-order valence-corrected chi connectivity index (χ1v) is 11.5. The average Bonchev–Trinajstić information content (AvgIpc) is 2.73. The highest BCUT2D eigenvalue weighted by Gasteiger charge is 2.31. The van der Waals surface area contributed by atoms with Crippen molar-refractivity contribution in [2.24, 2.45) is 11.5 Å². The highest BCUT2D eigenvalue weighted by atomic mass is 35.6. The van der Waals surface area contributed by atoms with Gasteiger partial charge in [-0.3, -0.25) is 9.59 Å².